The molecule has 2 aromatic carbocycles. The topological polar surface area (TPSA) is 109 Å². The molecule has 28 heavy (non-hydrogen) atoms. The number of cyclic esters (lactones) is 1. The average molecular weight is 384 g/mol. The van der Waals surface area contributed by atoms with Crippen molar-refractivity contribution in [3.63, 3.8) is 0 Å². The molecule has 0 aromatic heterocycles. The smallest absolute Gasteiger partial charge is 0.363 e. The van der Waals surface area contributed by atoms with Gasteiger partial charge >= 0.3 is 5.97 Å². The minimum absolute atomic E-state index is 0.0545. The Balaban J connectivity index is 1.98. The molecule has 3 rings (SSSR count). The van der Waals surface area contributed by atoms with Gasteiger partial charge in [0.15, 0.2) is 17.2 Å². The van der Waals surface area contributed by atoms with Crippen LogP contribution in [0.4, 0.5) is 5.69 Å². The first kappa shape index (κ1) is 18.9. The number of carbonyl (C=O) groups excluding carboxylic acids is 1. The van der Waals surface area contributed by atoms with Gasteiger partial charge in [-0.25, -0.2) is 9.79 Å². The van der Waals surface area contributed by atoms with Crippen LogP contribution in [0.25, 0.3) is 6.08 Å². The van der Waals surface area contributed by atoms with Gasteiger partial charge in [0.1, 0.15) is 5.75 Å². The van der Waals surface area contributed by atoms with E-state index in [1.165, 1.54) is 51.7 Å². The highest BCUT2D eigenvalue weighted by atomic mass is 16.6. The van der Waals surface area contributed by atoms with E-state index in [-0.39, 0.29) is 17.3 Å². The van der Waals surface area contributed by atoms with Gasteiger partial charge in [-0.3, -0.25) is 10.1 Å². The number of ether oxygens (including phenoxy) is 4. The third-order valence-electron chi connectivity index (χ3n) is 3.97. The van der Waals surface area contributed by atoms with E-state index in [1.807, 2.05) is 0 Å². The number of aliphatic imine (C=N–C) groups is 1. The normalized spacial score (nSPS) is 14.5. The van der Waals surface area contributed by atoms with E-state index in [4.69, 9.17) is 18.9 Å². The second-order valence-corrected chi connectivity index (χ2v) is 5.59. The highest BCUT2D eigenvalue weighted by Crippen LogP contribution is 2.36. The van der Waals surface area contributed by atoms with Crippen LogP contribution in [0.15, 0.2) is 47.1 Å². The van der Waals surface area contributed by atoms with E-state index in [1.54, 1.807) is 12.1 Å². The van der Waals surface area contributed by atoms with Gasteiger partial charge < -0.3 is 18.9 Å². The molecule has 0 aliphatic carbocycles. The van der Waals surface area contributed by atoms with E-state index in [9.17, 15) is 14.9 Å². The zero-order valence-corrected chi connectivity index (χ0v) is 15.3. The summed E-state index contributed by atoms with van der Waals surface area (Å²) in [7, 11) is 4.49. The zero-order valence-electron chi connectivity index (χ0n) is 15.3. The van der Waals surface area contributed by atoms with Crippen molar-refractivity contribution in [2.75, 3.05) is 21.3 Å². The molecule has 0 fully saturated rings. The fraction of sp³-hybridized carbons (Fsp3) is 0.158. The Labute approximate surface area is 160 Å². The van der Waals surface area contributed by atoms with E-state index >= 15 is 0 Å². The lowest BCUT2D eigenvalue weighted by molar-refractivity contribution is -0.384. The van der Waals surface area contributed by atoms with Gasteiger partial charge in [-0.2, -0.15) is 0 Å². The highest BCUT2D eigenvalue weighted by Gasteiger charge is 2.25. The molecule has 0 unspecified atom stereocenters. The van der Waals surface area contributed by atoms with Crippen LogP contribution in [0, 0.1) is 10.1 Å². The van der Waals surface area contributed by atoms with Crippen LogP contribution in [0.1, 0.15) is 11.1 Å². The number of nitro benzene ring substituents is 1. The maximum atomic E-state index is 12.2. The number of non-ortho nitro benzene ring substituents is 1. The van der Waals surface area contributed by atoms with Gasteiger partial charge in [0, 0.05) is 29.3 Å². The van der Waals surface area contributed by atoms with Crippen molar-refractivity contribution in [3.05, 3.63) is 63.3 Å². The summed E-state index contributed by atoms with van der Waals surface area (Å²) in [6.45, 7) is 0. The molecule has 0 spiro atoms. The van der Waals surface area contributed by atoms with E-state index in [0.29, 0.717) is 28.4 Å². The quantitative estimate of drug-likeness (QED) is 0.326. The minimum Gasteiger partial charge on any atom is -0.496 e. The van der Waals surface area contributed by atoms with Gasteiger partial charge in [-0.1, -0.05) is 0 Å². The molecule has 0 saturated heterocycles. The number of hydrogen-bond acceptors (Lipinski definition) is 8. The van der Waals surface area contributed by atoms with Gasteiger partial charge in [-0.15, -0.1) is 0 Å². The molecule has 0 radical (unpaired) electrons. The third-order valence-corrected chi connectivity index (χ3v) is 3.97. The summed E-state index contributed by atoms with van der Waals surface area (Å²) in [5.41, 5.74) is 0.973. The summed E-state index contributed by atoms with van der Waals surface area (Å²) in [6.07, 6.45) is 1.50. The Morgan fingerprint density at radius 3 is 2.18 bits per heavy atom. The molecular weight excluding hydrogens is 368 g/mol. The van der Waals surface area contributed by atoms with Gasteiger partial charge in [0.25, 0.3) is 5.69 Å². The van der Waals surface area contributed by atoms with Gasteiger partial charge in [-0.05, 0) is 24.3 Å². The molecule has 0 bridgehead atoms. The molecule has 0 amide bonds. The number of nitro groups is 1. The van der Waals surface area contributed by atoms with Crippen LogP contribution >= 0.6 is 0 Å². The summed E-state index contributed by atoms with van der Waals surface area (Å²) in [4.78, 5) is 26.6. The number of methoxy groups -OCH3 is 3. The lowest BCUT2D eigenvalue weighted by atomic mass is 10.1. The lowest BCUT2D eigenvalue weighted by Crippen LogP contribution is -2.05. The van der Waals surface area contributed by atoms with Crippen molar-refractivity contribution in [2.45, 2.75) is 0 Å². The van der Waals surface area contributed by atoms with Crippen LogP contribution in [-0.4, -0.2) is 38.1 Å². The third kappa shape index (κ3) is 3.63. The van der Waals surface area contributed by atoms with Crippen molar-refractivity contribution in [2.24, 2.45) is 4.99 Å². The molecule has 1 heterocycles. The predicted octanol–water partition coefficient (Wildman–Crippen LogP) is 2.97. The highest BCUT2D eigenvalue weighted by molar-refractivity contribution is 6.13. The Hall–Kier alpha value is -3.88. The molecule has 144 valence electrons. The molecule has 0 N–H and O–H groups in total. The maximum Gasteiger partial charge on any atom is 0.363 e. The Morgan fingerprint density at radius 2 is 1.61 bits per heavy atom. The number of hydrogen-bond donors (Lipinski definition) is 0. The molecule has 1 aliphatic rings. The zero-order chi connectivity index (χ0) is 20.3. The summed E-state index contributed by atoms with van der Waals surface area (Å²) in [6, 6.07) is 8.83. The van der Waals surface area contributed by atoms with E-state index < -0.39 is 10.9 Å². The Morgan fingerprint density at radius 1 is 1.00 bits per heavy atom. The van der Waals surface area contributed by atoms with Crippen LogP contribution in [0.3, 0.4) is 0 Å². The molecule has 0 atom stereocenters. The molecule has 0 saturated carbocycles. The van der Waals surface area contributed by atoms with Crippen molar-refractivity contribution in [1.29, 1.82) is 0 Å². The standard InChI is InChI=1S/C19H16N2O7/c1-25-15-10-17(27-3)16(26-2)9-12(15)8-14-19(22)28-18(20-14)11-4-6-13(7-5-11)21(23)24/h4-10H,1-3H3/b14-8+. The second-order valence-electron chi connectivity index (χ2n) is 5.59. The van der Waals surface area contributed by atoms with Gasteiger partial charge in [0.2, 0.25) is 5.90 Å². The fourth-order valence-corrected chi connectivity index (χ4v) is 2.57. The van der Waals surface area contributed by atoms with Gasteiger partial charge in [0.05, 0.1) is 26.3 Å². The number of benzene rings is 2. The lowest BCUT2D eigenvalue weighted by Gasteiger charge is -2.12. The monoisotopic (exact) mass is 384 g/mol. The first-order valence-corrected chi connectivity index (χ1v) is 8.04. The van der Waals surface area contributed by atoms with E-state index in [2.05, 4.69) is 4.99 Å². The van der Waals surface area contributed by atoms with Crippen molar-refractivity contribution in [1.82, 2.24) is 0 Å². The molecule has 9 nitrogen and oxygen atoms in total. The first-order valence-electron chi connectivity index (χ1n) is 8.04. The van der Waals surface area contributed by atoms with Crippen LogP contribution in [0.5, 0.6) is 17.2 Å². The largest absolute Gasteiger partial charge is 0.496 e. The number of esters is 1. The van der Waals surface area contributed by atoms with Crippen molar-refractivity contribution < 1.29 is 28.7 Å². The van der Waals surface area contributed by atoms with Crippen molar-refractivity contribution in [3.8, 4) is 17.2 Å². The number of nitrogens with zero attached hydrogens (tertiary/aromatic N) is 2. The number of carbonyl (C=O) groups is 1. The Bertz CT molecular complexity index is 994. The molecular formula is C19H16N2O7. The second kappa shape index (κ2) is 7.78. The Kier molecular flexibility index (Phi) is 5.25. The minimum atomic E-state index is -0.648. The number of rotatable bonds is 6. The first-order chi connectivity index (χ1) is 13.5. The van der Waals surface area contributed by atoms with Crippen LogP contribution in [-0.2, 0) is 9.53 Å². The molecule has 1 aliphatic heterocycles. The molecule has 9 heteroatoms. The summed E-state index contributed by atoms with van der Waals surface area (Å²) in [5.74, 6) is 0.805. The van der Waals surface area contributed by atoms with E-state index in [0.717, 1.165) is 0 Å². The maximum absolute atomic E-state index is 12.2. The molecule has 2 aromatic rings. The fourth-order valence-electron chi connectivity index (χ4n) is 2.57. The SMILES string of the molecule is COc1cc(OC)c(OC)cc1/C=C1/N=C(c2ccc([N+](=O)[O-])cc2)OC1=O. The van der Waals surface area contributed by atoms with Crippen LogP contribution < -0.4 is 14.2 Å². The predicted molar refractivity (Wildman–Crippen MR) is 99.8 cm³/mol. The summed E-state index contributed by atoms with van der Waals surface area (Å²) >= 11 is 0. The summed E-state index contributed by atoms with van der Waals surface area (Å²) in [5, 5.41) is 10.7. The van der Waals surface area contributed by atoms with Crippen LogP contribution in [0.2, 0.25) is 0 Å². The van der Waals surface area contributed by atoms with Crippen molar-refractivity contribution >= 4 is 23.6 Å². The average Bonchev–Trinajstić information content (AvgIpc) is 3.08. The summed E-state index contributed by atoms with van der Waals surface area (Å²) < 4.78 is 21.0.